The molecule has 1 fully saturated rings. The van der Waals surface area contributed by atoms with E-state index >= 15 is 0 Å². The van der Waals surface area contributed by atoms with Crippen LogP contribution >= 0.6 is 0 Å². The van der Waals surface area contributed by atoms with E-state index in [1.165, 1.54) is 6.07 Å². The van der Waals surface area contributed by atoms with E-state index in [0.29, 0.717) is 18.5 Å². The number of benzene rings is 1. The first kappa shape index (κ1) is 15.8. The lowest BCUT2D eigenvalue weighted by Gasteiger charge is -2.19. The number of amides is 2. The van der Waals surface area contributed by atoms with Gasteiger partial charge in [-0.05, 0) is 44.2 Å². The maximum Gasteiger partial charge on any atom is 0.315 e. The molecule has 1 aliphatic rings. The summed E-state index contributed by atoms with van der Waals surface area (Å²) in [6, 6.07) is 6.55. The van der Waals surface area contributed by atoms with E-state index in [4.69, 9.17) is 5.11 Å². The molecule has 1 aliphatic carbocycles. The molecule has 3 N–H and O–H groups in total. The Morgan fingerprint density at radius 1 is 1.43 bits per heavy atom. The monoisotopic (exact) mass is 294 g/mol. The molecule has 0 heterocycles. The van der Waals surface area contributed by atoms with Crippen molar-refractivity contribution in [2.45, 2.75) is 44.1 Å². The van der Waals surface area contributed by atoms with Gasteiger partial charge in [-0.2, -0.15) is 0 Å². The Hall–Kier alpha value is -1.62. The van der Waals surface area contributed by atoms with Crippen LogP contribution in [0.5, 0.6) is 0 Å². The lowest BCUT2D eigenvalue weighted by molar-refractivity contribution is 0.233. The molecular formula is C16H23FN2O2. The number of halogens is 1. The minimum Gasteiger partial charge on any atom is -0.396 e. The fourth-order valence-electron chi connectivity index (χ4n) is 2.58. The van der Waals surface area contributed by atoms with Crippen LogP contribution in [0, 0.1) is 5.82 Å². The van der Waals surface area contributed by atoms with Gasteiger partial charge in [-0.3, -0.25) is 0 Å². The van der Waals surface area contributed by atoms with Crippen LogP contribution in [-0.4, -0.2) is 30.3 Å². The first-order chi connectivity index (χ1) is 10.1. The highest BCUT2D eigenvalue weighted by atomic mass is 19.1. The van der Waals surface area contributed by atoms with E-state index in [-0.39, 0.29) is 29.9 Å². The number of aliphatic hydroxyl groups excluding tert-OH is 1. The van der Waals surface area contributed by atoms with Gasteiger partial charge in [0, 0.05) is 24.6 Å². The van der Waals surface area contributed by atoms with Crippen LogP contribution in [0.2, 0.25) is 0 Å². The molecule has 5 heteroatoms. The predicted octanol–water partition coefficient (Wildman–Crippen LogP) is 2.32. The number of carbonyl (C=O) groups excluding carboxylic acids is 1. The van der Waals surface area contributed by atoms with Crippen molar-refractivity contribution in [1.29, 1.82) is 0 Å². The zero-order valence-electron chi connectivity index (χ0n) is 12.4. The van der Waals surface area contributed by atoms with Gasteiger partial charge in [-0.15, -0.1) is 0 Å². The fraction of sp³-hybridized carbons (Fsp3) is 0.562. The standard InChI is InChI=1S/C16H23FN2O2/c1-12(5-4-10-20)19-15(21)18-11-16(8-9-16)13-6-2-3-7-14(13)17/h2-3,6-7,12,20H,4-5,8-11H2,1H3,(H2,18,19,21). The molecule has 1 saturated carbocycles. The summed E-state index contributed by atoms with van der Waals surface area (Å²) in [4.78, 5) is 11.8. The SMILES string of the molecule is CC(CCCO)NC(=O)NCC1(c2ccccc2F)CC1. The Morgan fingerprint density at radius 2 is 2.14 bits per heavy atom. The maximum absolute atomic E-state index is 13.8. The van der Waals surface area contributed by atoms with E-state index < -0.39 is 0 Å². The molecule has 1 aromatic rings. The predicted molar refractivity (Wildman–Crippen MR) is 79.6 cm³/mol. The number of urea groups is 1. The molecule has 1 aromatic carbocycles. The van der Waals surface area contributed by atoms with Crippen molar-refractivity contribution in [1.82, 2.24) is 10.6 Å². The molecule has 0 bridgehead atoms. The van der Waals surface area contributed by atoms with Crippen LogP contribution in [0.3, 0.4) is 0 Å². The summed E-state index contributed by atoms with van der Waals surface area (Å²) in [6.07, 6.45) is 3.20. The maximum atomic E-state index is 13.8. The summed E-state index contributed by atoms with van der Waals surface area (Å²) in [5.41, 5.74) is 0.454. The van der Waals surface area contributed by atoms with Crippen molar-refractivity contribution in [3.05, 3.63) is 35.6 Å². The van der Waals surface area contributed by atoms with Crippen LogP contribution in [0.15, 0.2) is 24.3 Å². The average Bonchev–Trinajstić information content (AvgIpc) is 3.24. The second kappa shape index (κ2) is 6.89. The van der Waals surface area contributed by atoms with Gasteiger partial charge in [0.25, 0.3) is 0 Å². The van der Waals surface area contributed by atoms with Crippen LogP contribution in [-0.2, 0) is 5.41 Å². The highest BCUT2D eigenvalue weighted by Crippen LogP contribution is 2.48. The zero-order chi connectivity index (χ0) is 15.3. The van der Waals surface area contributed by atoms with E-state index in [2.05, 4.69) is 10.6 Å². The van der Waals surface area contributed by atoms with Gasteiger partial charge in [0.05, 0.1) is 0 Å². The molecule has 2 amide bonds. The van der Waals surface area contributed by atoms with Crippen LogP contribution < -0.4 is 10.6 Å². The van der Waals surface area contributed by atoms with Crippen molar-refractivity contribution in [3.63, 3.8) is 0 Å². The number of hydrogen-bond donors (Lipinski definition) is 3. The Kier molecular flexibility index (Phi) is 5.17. The second-order valence-corrected chi connectivity index (χ2v) is 5.85. The van der Waals surface area contributed by atoms with Crippen molar-refractivity contribution in [2.75, 3.05) is 13.2 Å². The Labute approximate surface area is 124 Å². The third-order valence-electron chi connectivity index (χ3n) is 4.06. The van der Waals surface area contributed by atoms with Crippen LogP contribution in [0.1, 0.15) is 38.2 Å². The molecule has 0 radical (unpaired) electrons. The quantitative estimate of drug-likeness (QED) is 0.722. The largest absolute Gasteiger partial charge is 0.396 e. The van der Waals surface area contributed by atoms with E-state index in [1.54, 1.807) is 12.1 Å². The second-order valence-electron chi connectivity index (χ2n) is 5.85. The van der Waals surface area contributed by atoms with Crippen molar-refractivity contribution in [3.8, 4) is 0 Å². The third kappa shape index (κ3) is 4.17. The third-order valence-corrected chi connectivity index (χ3v) is 4.06. The summed E-state index contributed by atoms with van der Waals surface area (Å²) in [5.74, 6) is -0.200. The summed E-state index contributed by atoms with van der Waals surface area (Å²) in [6.45, 7) is 2.48. The molecule has 4 nitrogen and oxygen atoms in total. The smallest absolute Gasteiger partial charge is 0.315 e. The fourth-order valence-corrected chi connectivity index (χ4v) is 2.58. The Bertz CT molecular complexity index is 489. The first-order valence-electron chi connectivity index (χ1n) is 7.48. The minimum atomic E-state index is -0.239. The van der Waals surface area contributed by atoms with E-state index in [1.807, 2.05) is 13.0 Å². The molecule has 116 valence electrons. The topological polar surface area (TPSA) is 61.4 Å². The molecule has 1 atom stereocenters. The van der Waals surface area contributed by atoms with Crippen LogP contribution in [0.25, 0.3) is 0 Å². The molecule has 0 aromatic heterocycles. The molecule has 2 rings (SSSR count). The van der Waals surface area contributed by atoms with Gasteiger partial charge in [0.2, 0.25) is 0 Å². The summed E-state index contributed by atoms with van der Waals surface area (Å²) >= 11 is 0. The Balaban J connectivity index is 1.83. The molecular weight excluding hydrogens is 271 g/mol. The molecule has 0 aliphatic heterocycles. The van der Waals surface area contributed by atoms with Crippen molar-refractivity contribution in [2.24, 2.45) is 0 Å². The van der Waals surface area contributed by atoms with Gasteiger partial charge in [0.1, 0.15) is 5.82 Å². The highest BCUT2D eigenvalue weighted by molar-refractivity contribution is 5.74. The summed E-state index contributed by atoms with van der Waals surface area (Å²) < 4.78 is 13.8. The lowest BCUT2D eigenvalue weighted by atomic mass is 9.95. The first-order valence-corrected chi connectivity index (χ1v) is 7.48. The molecule has 1 unspecified atom stereocenters. The highest BCUT2D eigenvalue weighted by Gasteiger charge is 2.45. The summed E-state index contributed by atoms with van der Waals surface area (Å²) in [7, 11) is 0. The average molecular weight is 294 g/mol. The zero-order valence-corrected chi connectivity index (χ0v) is 12.4. The van der Waals surface area contributed by atoms with Gasteiger partial charge < -0.3 is 15.7 Å². The van der Waals surface area contributed by atoms with E-state index in [0.717, 1.165) is 19.3 Å². The van der Waals surface area contributed by atoms with Gasteiger partial charge in [0.15, 0.2) is 0 Å². The number of hydrogen-bond acceptors (Lipinski definition) is 2. The Morgan fingerprint density at radius 3 is 2.76 bits per heavy atom. The molecule has 21 heavy (non-hydrogen) atoms. The van der Waals surface area contributed by atoms with Crippen molar-refractivity contribution >= 4 is 6.03 Å². The minimum absolute atomic E-state index is 0.0146. The van der Waals surface area contributed by atoms with Crippen LogP contribution in [0.4, 0.5) is 9.18 Å². The number of nitrogens with one attached hydrogen (secondary N) is 2. The number of aliphatic hydroxyl groups is 1. The van der Waals surface area contributed by atoms with Crippen molar-refractivity contribution < 1.29 is 14.3 Å². The molecule has 0 spiro atoms. The van der Waals surface area contributed by atoms with Gasteiger partial charge in [-0.25, -0.2) is 9.18 Å². The lowest BCUT2D eigenvalue weighted by Crippen LogP contribution is -2.43. The van der Waals surface area contributed by atoms with E-state index in [9.17, 15) is 9.18 Å². The normalized spacial score (nSPS) is 17.1. The number of carbonyl (C=O) groups is 1. The van der Waals surface area contributed by atoms with Gasteiger partial charge >= 0.3 is 6.03 Å². The molecule has 0 saturated heterocycles. The summed E-state index contributed by atoms with van der Waals surface area (Å²) in [5, 5.41) is 14.4. The number of rotatable bonds is 7. The van der Waals surface area contributed by atoms with Gasteiger partial charge in [-0.1, -0.05) is 18.2 Å².